The number of non-ortho nitro benzene ring substituents is 1. The van der Waals surface area contributed by atoms with E-state index in [-0.39, 0.29) is 5.69 Å². The molecular formula is C13H13BrN2O4. The summed E-state index contributed by atoms with van der Waals surface area (Å²) in [6.07, 6.45) is -0.224. The first-order chi connectivity index (χ1) is 9.56. The van der Waals surface area contributed by atoms with Crippen molar-refractivity contribution in [2.45, 2.75) is 18.6 Å². The maximum Gasteiger partial charge on any atom is 0.278 e. The summed E-state index contributed by atoms with van der Waals surface area (Å²) in [6, 6.07) is 5.94. The molecule has 0 spiro atoms. The number of alkyl halides is 1. The molecular weight excluding hydrogens is 328 g/mol. The molecule has 106 valence electrons. The first-order valence-electron chi connectivity index (χ1n) is 6.00. The molecule has 6 nitrogen and oxygen atoms in total. The Balaban J connectivity index is 2.56. The number of hydrogen-bond donors (Lipinski definition) is 2. The van der Waals surface area contributed by atoms with Crippen molar-refractivity contribution in [2.24, 2.45) is 0 Å². The molecule has 2 N–H and O–H groups in total. The van der Waals surface area contributed by atoms with Crippen LogP contribution in [0.4, 0.5) is 5.69 Å². The normalized spacial score (nSPS) is 14.2. The van der Waals surface area contributed by atoms with Crippen LogP contribution in [0.15, 0.2) is 30.5 Å². The zero-order chi connectivity index (χ0) is 14.7. The molecule has 2 atom stereocenters. The molecule has 2 unspecified atom stereocenters. The van der Waals surface area contributed by atoms with Crippen molar-refractivity contribution < 1.29 is 15.1 Å². The molecule has 0 aliphatic heterocycles. The third-order valence-electron chi connectivity index (χ3n) is 3.06. The Hall–Kier alpha value is -1.57. The first-order valence-corrected chi connectivity index (χ1v) is 7.12. The van der Waals surface area contributed by atoms with Gasteiger partial charge in [-0.05, 0) is 24.6 Å². The smallest absolute Gasteiger partial charge is 0.278 e. The number of nitro benzene ring substituents is 1. The van der Waals surface area contributed by atoms with Crippen molar-refractivity contribution in [2.75, 3.05) is 5.33 Å². The molecule has 1 aromatic heterocycles. The number of halogens is 1. The summed E-state index contributed by atoms with van der Waals surface area (Å²) in [5.41, 5.74) is 0.654. The summed E-state index contributed by atoms with van der Waals surface area (Å²) < 4.78 is 0. The molecule has 7 heteroatoms. The Labute approximate surface area is 123 Å². The molecule has 0 saturated heterocycles. The van der Waals surface area contributed by atoms with Gasteiger partial charge < -0.3 is 10.2 Å². The summed E-state index contributed by atoms with van der Waals surface area (Å²) in [4.78, 5) is 14.6. The molecule has 20 heavy (non-hydrogen) atoms. The summed E-state index contributed by atoms with van der Waals surface area (Å²) in [5.74, 6) is 0. The number of hydrogen-bond acceptors (Lipinski definition) is 5. The number of fused-ring (bicyclic) bond motifs is 1. The van der Waals surface area contributed by atoms with Crippen LogP contribution in [0.3, 0.4) is 0 Å². The lowest BCUT2D eigenvalue weighted by Crippen LogP contribution is -2.19. The number of aromatic nitrogens is 1. The van der Waals surface area contributed by atoms with Gasteiger partial charge in [0.25, 0.3) is 5.69 Å². The van der Waals surface area contributed by atoms with Crippen molar-refractivity contribution >= 4 is 32.5 Å². The monoisotopic (exact) mass is 340 g/mol. The number of nitrogens with zero attached hydrogens (tertiary/aromatic N) is 2. The van der Waals surface area contributed by atoms with E-state index < -0.39 is 17.1 Å². The van der Waals surface area contributed by atoms with Crippen LogP contribution in [-0.2, 0) is 0 Å². The maximum atomic E-state index is 11.0. The van der Waals surface area contributed by atoms with Crippen LogP contribution >= 0.6 is 15.9 Å². The fraction of sp³-hybridized carbons (Fsp3) is 0.308. The quantitative estimate of drug-likeness (QED) is 0.494. The van der Waals surface area contributed by atoms with Gasteiger partial charge in [0.05, 0.1) is 21.9 Å². The van der Waals surface area contributed by atoms with Gasteiger partial charge >= 0.3 is 0 Å². The molecule has 0 saturated carbocycles. The molecule has 1 aromatic carbocycles. The molecule has 0 bridgehead atoms. The van der Waals surface area contributed by atoms with E-state index in [1.54, 1.807) is 12.1 Å². The lowest BCUT2D eigenvalue weighted by Gasteiger charge is -2.18. The van der Waals surface area contributed by atoms with Crippen molar-refractivity contribution in [3.63, 3.8) is 0 Å². The fourth-order valence-electron chi connectivity index (χ4n) is 2.05. The van der Waals surface area contributed by atoms with Gasteiger partial charge in [-0.15, -0.1) is 0 Å². The molecule has 0 radical (unpaired) electrons. The zero-order valence-corrected chi connectivity index (χ0v) is 12.0. The predicted octanol–water partition coefficient (Wildman–Crippen LogP) is 2.32. The highest BCUT2D eigenvalue weighted by Crippen LogP contribution is 2.31. The van der Waals surface area contributed by atoms with Crippen LogP contribution in [0.1, 0.15) is 18.1 Å². The molecule has 1 heterocycles. The Morgan fingerprint density at radius 2 is 2.10 bits per heavy atom. The largest absolute Gasteiger partial charge is 0.390 e. The van der Waals surface area contributed by atoms with Crippen LogP contribution in [0.5, 0.6) is 0 Å². The van der Waals surface area contributed by atoms with Gasteiger partial charge in [-0.3, -0.25) is 15.1 Å². The molecule has 0 amide bonds. The van der Waals surface area contributed by atoms with Gasteiger partial charge in [-0.25, -0.2) is 0 Å². The van der Waals surface area contributed by atoms with Crippen molar-refractivity contribution in [1.29, 1.82) is 0 Å². The Bertz CT molecular complexity index is 635. The fourth-order valence-corrected chi connectivity index (χ4v) is 2.52. The van der Waals surface area contributed by atoms with Crippen molar-refractivity contribution in [3.05, 3.63) is 46.1 Å². The molecule has 2 rings (SSSR count). The highest BCUT2D eigenvalue weighted by molar-refractivity contribution is 9.09. The molecule has 2 aromatic rings. The Morgan fingerprint density at radius 3 is 2.75 bits per heavy atom. The second-order valence-electron chi connectivity index (χ2n) is 4.32. The van der Waals surface area contributed by atoms with Gasteiger partial charge in [0.15, 0.2) is 0 Å². The Kier molecular flexibility index (Phi) is 4.64. The second-order valence-corrected chi connectivity index (χ2v) is 5.11. The SMILES string of the molecule is O=[N+]([O-])c1ccc(C(O)C(O)CCBr)c2ncccc12. The summed E-state index contributed by atoms with van der Waals surface area (Å²) in [5, 5.41) is 31.9. The standard InChI is InChI=1S/C13H13BrN2O4/c14-6-5-11(17)13(18)9-3-4-10(16(19)20)8-2-1-7-15-12(8)9/h1-4,7,11,13,17-18H,5-6H2. The third-order valence-corrected chi connectivity index (χ3v) is 3.52. The van der Waals surface area contributed by atoms with E-state index in [1.165, 1.54) is 18.3 Å². The minimum atomic E-state index is -1.13. The van der Waals surface area contributed by atoms with Crippen molar-refractivity contribution in [3.8, 4) is 0 Å². The van der Waals surface area contributed by atoms with Crippen LogP contribution in [0.25, 0.3) is 10.9 Å². The minimum Gasteiger partial charge on any atom is -0.390 e. The minimum absolute atomic E-state index is 0.0703. The van der Waals surface area contributed by atoms with Gasteiger partial charge in [-0.1, -0.05) is 15.9 Å². The average molecular weight is 341 g/mol. The zero-order valence-electron chi connectivity index (χ0n) is 10.4. The summed E-state index contributed by atoms with van der Waals surface area (Å²) in [6.45, 7) is 0. The van der Waals surface area contributed by atoms with E-state index in [2.05, 4.69) is 20.9 Å². The molecule has 0 aliphatic carbocycles. The number of aliphatic hydroxyl groups is 2. The lowest BCUT2D eigenvalue weighted by atomic mass is 9.99. The van der Waals surface area contributed by atoms with E-state index in [9.17, 15) is 20.3 Å². The summed E-state index contributed by atoms with van der Waals surface area (Å²) in [7, 11) is 0. The van der Waals surface area contributed by atoms with Crippen molar-refractivity contribution in [1.82, 2.24) is 4.98 Å². The second kappa shape index (κ2) is 6.25. The van der Waals surface area contributed by atoms with Gasteiger partial charge in [0.2, 0.25) is 0 Å². The number of rotatable bonds is 5. The number of pyridine rings is 1. The average Bonchev–Trinajstić information content (AvgIpc) is 2.45. The van der Waals surface area contributed by atoms with Gasteiger partial charge in [0, 0.05) is 23.2 Å². The lowest BCUT2D eigenvalue weighted by molar-refractivity contribution is -0.383. The van der Waals surface area contributed by atoms with Crippen LogP contribution in [0.2, 0.25) is 0 Å². The topological polar surface area (TPSA) is 96.5 Å². The maximum absolute atomic E-state index is 11.0. The van der Waals surface area contributed by atoms with E-state index in [0.29, 0.717) is 28.2 Å². The predicted molar refractivity (Wildman–Crippen MR) is 77.8 cm³/mol. The first kappa shape index (κ1) is 14.8. The number of benzene rings is 1. The third kappa shape index (κ3) is 2.79. The van der Waals surface area contributed by atoms with E-state index >= 15 is 0 Å². The summed E-state index contributed by atoms with van der Waals surface area (Å²) >= 11 is 3.20. The van der Waals surface area contributed by atoms with E-state index in [0.717, 1.165) is 0 Å². The highest BCUT2D eigenvalue weighted by Gasteiger charge is 2.23. The molecule has 0 fully saturated rings. The van der Waals surface area contributed by atoms with Crippen LogP contribution in [-0.4, -0.2) is 31.6 Å². The van der Waals surface area contributed by atoms with Crippen LogP contribution in [0, 0.1) is 10.1 Å². The van der Waals surface area contributed by atoms with Gasteiger partial charge in [-0.2, -0.15) is 0 Å². The van der Waals surface area contributed by atoms with Crippen LogP contribution < -0.4 is 0 Å². The highest BCUT2D eigenvalue weighted by atomic mass is 79.9. The number of aliphatic hydroxyl groups excluding tert-OH is 2. The van der Waals surface area contributed by atoms with Gasteiger partial charge in [0.1, 0.15) is 6.10 Å². The molecule has 0 aliphatic rings. The Morgan fingerprint density at radius 1 is 1.35 bits per heavy atom. The number of nitro groups is 1. The van der Waals surface area contributed by atoms with E-state index in [4.69, 9.17) is 0 Å². The van der Waals surface area contributed by atoms with E-state index in [1.807, 2.05) is 0 Å².